The largest absolute Gasteiger partial charge is 0.376 e. The molecule has 22 heavy (non-hydrogen) atoms. The second-order valence-electron chi connectivity index (χ2n) is 5.74. The zero-order valence-corrected chi connectivity index (χ0v) is 12.5. The lowest BCUT2D eigenvalue weighted by Gasteiger charge is -2.41. The maximum atomic E-state index is 12.6. The van der Waals surface area contributed by atoms with Gasteiger partial charge in [-0.25, -0.2) is 0 Å². The molecule has 3 rings (SSSR count). The van der Waals surface area contributed by atoms with Crippen molar-refractivity contribution >= 4 is 11.8 Å². The highest BCUT2D eigenvalue weighted by Crippen LogP contribution is 2.23. The summed E-state index contributed by atoms with van der Waals surface area (Å²) in [6.45, 7) is 2.17. The number of pyridine rings is 1. The third-order valence-electron chi connectivity index (χ3n) is 4.00. The molecule has 0 aliphatic carbocycles. The van der Waals surface area contributed by atoms with E-state index in [2.05, 4.69) is 4.98 Å². The highest BCUT2D eigenvalue weighted by atomic mass is 16.6. The van der Waals surface area contributed by atoms with Gasteiger partial charge < -0.3 is 19.3 Å². The molecular weight excluding hydrogens is 286 g/mol. The van der Waals surface area contributed by atoms with E-state index in [-0.39, 0.29) is 18.4 Å². The minimum atomic E-state index is -0.656. The minimum absolute atomic E-state index is 0.0226. The van der Waals surface area contributed by atoms with Gasteiger partial charge in [-0.2, -0.15) is 0 Å². The molecule has 0 saturated carbocycles. The van der Waals surface area contributed by atoms with Crippen LogP contribution in [0.1, 0.15) is 10.4 Å². The Kier molecular flexibility index (Phi) is 4.08. The summed E-state index contributed by atoms with van der Waals surface area (Å²) in [7, 11) is 1.74. The van der Waals surface area contributed by atoms with Crippen molar-refractivity contribution in [1.82, 2.24) is 14.8 Å². The smallest absolute Gasteiger partial charge is 0.255 e. The van der Waals surface area contributed by atoms with Gasteiger partial charge in [-0.15, -0.1) is 0 Å². The van der Waals surface area contributed by atoms with Crippen molar-refractivity contribution in [2.75, 3.05) is 46.5 Å². The molecule has 2 amide bonds. The average molecular weight is 305 g/mol. The first-order chi connectivity index (χ1) is 10.6. The number of carbonyl (C=O) groups excluding carboxylic acids is 2. The van der Waals surface area contributed by atoms with Crippen LogP contribution >= 0.6 is 0 Å². The fourth-order valence-electron chi connectivity index (χ4n) is 2.82. The van der Waals surface area contributed by atoms with Crippen molar-refractivity contribution in [3.63, 3.8) is 0 Å². The molecular formula is C15H19N3O4. The van der Waals surface area contributed by atoms with E-state index < -0.39 is 5.60 Å². The van der Waals surface area contributed by atoms with Crippen LogP contribution in [0.2, 0.25) is 0 Å². The third-order valence-corrected chi connectivity index (χ3v) is 4.00. The van der Waals surface area contributed by atoms with Gasteiger partial charge in [0.15, 0.2) is 0 Å². The highest BCUT2D eigenvalue weighted by Gasteiger charge is 2.42. The zero-order chi connectivity index (χ0) is 15.6. The molecule has 0 bridgehead atoms. The van der Waals surface area contributed by atoms with Crippen LogP contribution in [0, 0.1) is 0 Å². The molecule has 2 saturated heterocycles. The summed E-state index contributed by atoms with van der Waals surface area (Å²) < 4.78 is 11.4. The fraction of sp³-hybridized carbons (Fsp3) is 0.533. The van der Waals surface area contributed by atoms with E-state index in [0.29, 0.717) is 38.4 Å². The molecule has 2 aliphatic rings. The van der Waals surface area contributed by atoms with Crippen molar-refractivity contribution in [3.05, 3.63) is 30.1 Å². The van der Waals surface area contributed by atoms with Crippen LogP contribution in [0.25, 0.3) is 0 Å². The average Bonchev–Trinajstić information content (AvgIpc) is 2.74. The molecule has 0 unspecified atom stereocenters. The van der Waals surface area contributed by atoms with E-state index >= 15 is 0 Å². The van der Waals surface area contributed by atoms with E-state index in [4.69, 9.17) is 9.47 Å². The van der Waals surface area contributed by atoms with Crippen LogP contribution in [-0.4, -0.2) is 78.7 Å². The Labute approximate surface area is 128 Å². The van der Waals surface area contributed by atoms with Gasteiger partial charge in [-0.05, 0) is 12.1 Å². The van der Waals surface area contributed by atoms with Crippen molar-refractivity contribution in [2.45, 2.75) is 5.60 Å². The number of nitrogens with zero attached hydrogens (tertiary/aromatic N) is 3. The van der Waals surface area contributed by atoms with Crippen LogP contribution in [0.4, 0.5) is 0 Å². The van der Waals surface area contributed by atoms with E-state index in [1.807, 2.05) is 0 Å². The predicted molar refractivity (Wildman–Crippen MR) is 77.3 cm³/mol. The fourth-order valence-corrected chi connectivity index (χ4v) is 2.82. The molecule has 2 aliphatic heterocycles. The summed E-state index contributed by atoms with van der Waals surface area (Å²) in [6, 6.07) is 3.48. The van der Waals surface area contributed by atoms with Crippen LogP contribution < -0.4 is 0 Å². The van der Waals surface area contributed by atoms with Gasteiger partial charge in [-0.1, -0.05) is 0 Å². The Morgan fingerprint density at radius 3 is 3.00 bits per heavy atom. The molecule has 1 aromatic heterocycles. The summed E-state index contributed by atoms with van der Waals surface area (Å²) in [5, 5.41) is 0. The molecule has 1 spiro atoms. The molecule has 0 radical (unpaired) electrons. The van der Waals surface area contributed by atoms with Crippen LogP contribution in [0.15, 0.2) is 24.5 Å². The molecule has 7 heteroatoms. The summed E-state index contributed by atoms with van der Waals surface area (Å²) >= 11 is 0. The molecule has 0 aromatic carbocycles. The quantitative estimate of drug-likeness (QED) is 0.717. The molecule has 2 fully saturated rings. The third kappa shape index (κ3) is 2.95. The van der Waals surface area contributed by atoms with Gasteiger partial charge in [0.1, 0.15) is 12.2 Å². The van der Waals surface area contributed by atoms with Crippen molar-refractivity contribution in [1.29, 1.82) is 0 Å². The number of ether oxygens (including phenoxy) is 2. The van der Waals surface area contributed by atoms with E-state index in [0.717, 1.165) is 0 Å². The maximum Gasteiger partial charge on any atom is 0.255 e. The lowest BCUT2D eigenvalue weighted by Crippen LogP contribution is -2.60. The number of likely N-dealkylation sites (N-methyl/N-ethyl adjacent to an activating group) is 1. The Hall–Kier alpha value is -1.99. The first kappa shape index (κ1) is 14.9. The second kappa shape index (κ2) is 6.02. The predicted octanol–water partition coefficient (Wildman–Crippen LogP) is -0.219. The monoisotopic (exact) mass is 305 g/mol. The number of aromatic nitrogens is 1. The molecule has 0 N–H and O–H groups in total. The van der Waals surface area contributed by atoms with E-state index in [1.54, 1.807) is 41.4 Å². The number of carbonyl (C=O) groups is 2. The maximum absolute atomic E-state index is 12.6. The van der Waals surface area contributed by atoms with Gasteiger partial charge in [0.05, 0.1) is 31.9 Å². The van der Waals surface area contributed by atoms with E-state index in [1.165, 1.54) is 0 Å². The Bertz CT molecular complexity index is 565. The topological polar surface area (TPSA) is 72.0 Å². The van der Waals surface area contributed by atoms with Crippen molar-refractivity contribution in [2.24, 2.45) is 0 Å². The Morgan fingerprint density at radius 1 is 1.41 bits per heavy atom. The van der Waals surface area contributed by atoms with Gasteiger partial charge in [0.2, 0.25) is 5.91 Å². The van der Waals surface area contributed by atoms with Crippen LogP contribution in [0.5, 0.6) is 0 Å². The van der Waals surface area contributed by atoms with Gasteiger partial charge in [-0.3, -0.25) is 14.6 Å². The van der Waals surface area contributed by atoms with Crippen LogP contribution in [0.3, 0.4) is 0 Å². The lowest BCUT2D eigenvalue weighted by atomic mass is 10.0. The van der Waals surface area contributed by atoms with E-state index in [9.17, 15) is 9.59 Å². The summed E-state index contributed by atoms with van der Waals surface area (Å²) in [5.74, 6) is -0.152. The number of morpholine rings is 1. The summed E-state index contributed by atoms with van der Waals surface area (Å²) in [4.78, 5) is 31.6. The standard InChI is InChI=1S/C15H19N3O4/c1-17-9-15(22-8-13(17)19)10-18(5-6-21-11-15)14(20)12-3-2-4-16-7-12/h2-4,7H,5-6,8-11H2,1H3/t15-/m0/s1. The highest BCUT2D eigenvalue weighted by molar-refractivity contribution is 5.94. The van der Waals surface area contributed by atoms with Gasteiger partial charge in [0.25, 0.3) is 5.91 Å². The van der Waals surface area contributed by atoms with Gasteiger partial charge in [0, 0.05) is 26.0 Å². The molecule has 1 atom stereocenters. The normalized spacial score (nSPS) is 26.1. The number of rotatable bonds is 1. The van der Waals surface area contributed by atoms with Gasteiger partial charge >= 0.3 is 0 Å². The molecule has 7 nitrogen and oxygen atoms in total. The number of hydrogen-bond acceptors (Lipinski definition) is 5. The Morgan fingerprint density at radius 2 is 2.27 bits per heavy atom. The first-order valence-electron chi connectivity index (χ1n) is 7.25. The summed E-state index contributed by atoms with van der Waals surface area (Å²) in [5.41, 5.74) is -0.114. The molecule has 1 aromatic rings. The number of hydrogen-bond donors (Lipinski definition) is 0. The molecule has 3 heterocycles. The second-order valence-corrected chi connectivity index (χ2v) is 5.74. The molecule has 118 valence electrons. The van der Waals surface area contributed by atoms with Crippen molar-refractivity contribution < 1.29 is 19.1 Å². The Balaban J connectivity index is 1.78. The van der Waals surface area contributed by atoms with Crippen molar-refractivity contribution in [3.8, 4) is 0 Å². The lowest BCUT2D eigenvalue weighted by molar-refractivity contribution is -0.169. The SMILES string of the molecule is CN1C[C@]2(COCCN(C(=O)c3cccnc3)C2)OCC1=O. The van der Waals surface area contributed by atoms with Crippen LogP contribution in [-0.2, 0) is 14.3 Å². The summed E-state index contributed by atoms with van der Waals surface area (Å²) in [6.07, 6.45) is 3.19. The first-order valence-corrected chi connectivity index (χ1v) is 7.25. The minimum Gasteiger partial charge on any atom is -0.376 e. The zero-order valence-electron chi connectivity index (χ0n) is 12.5. The number of amides is 2.